The number of benzene rings is 1. The number of aliphatic imine (C=N–C) groups is 1. The van der Waals surface area contributed by atoms with Gasteiger partial charge in [0.2, 0.25) is 5.96 Å². The zero-order valence-corrected chi connectivity index (χ0v) is 11.9. The third-order valence-corrected chi connectivity index (χ3v) is 2.42. The summed E-state index contributed by atoms with van der Waals surface area (Å²) in [4.78, 5) is 5.41. The molecular formula is C12H17Cl2N5. The van der Waals surface area contributed by atoms with Gasteiger partial charge < -0.3 is 16.4 Å². The minimum absolute atomic E-state index is 0. The summed E-state index contributed by atoms with van der Waals surface area (Å²) in [5, 5.41) is 8.45. The molecule has 0 unspecified atom stereocenters. The molecule has 5 nitrogen and oxygen atoms in total. The van der Waals surface area contributed by atoms with E-state index in [0.717, 1.165) is 5.56 Å². The third-order valence-electron chi connectivity index (χ3n) is 2.17. The second-order valence-corrected chi connectivity index (χ2v) is 4.09. The maximum atomic E-state index is 7.78. The summed E-state index contributed by atoms with van der Waals surface area (Å²) < 4.78 is 0. The van der Waals surface area contributed by atoms with Crippen LogP contribution in [0.1, 0.15) is 5.56 Å². The molecule has 0 atom stereocenters. The highest BCUT2D eigenvalue weighted by atomic mass is 35.5. The SMILES string of the molecule is C=CCN(Cc1ccc(Cl)cc1)C(=N)N=C(N)N.Cl. The highest BCUT2D eigenvalue weighted by Crippen LogP contribution is 2.11. The summed E-state index contributed by atoms with van der Waals surface area (Å²) in [7, 11) is 0. The van der Waals surface area contributed by atoms with Crippen LogP contribution in [0.3, 0.4) is 0 Å². The highest BCUT2D eigenvalue weighted by molar-refractivity contribution is 6.30. The van der Waals surface area contributed by atoms with E-state index in [2.05, 4.69) is 11.6 Å². The van der Waals surface area contributed by atoms with Gasteiger partial charge in [-0.1, -0.05) is 29.8 Å². The van der Waals surface area contributed by atoms with Gasteiger partial charge in [0.15, 0.2) is 5.96 Å². The Hall–Kier alpha value is -1.72. The lowest BCUT2D eigenvalue weighted by Crippen LogP contribution is -2.33. The lowest BCUT2D eigenvalue weighted by molar-refractivity contribution is 0.448. The van der Waals surface area contributed by atoms with E-state index in [1.807, 2.05) is 12.1 Å². The van der Waals surface area contributed by atoms with Crippen LogP contribution >= 0.6 is 24.0 Å². The summed E-state index contributed by atoms with van der Waals surface area (Å²) in [5.74, 6) is -0.130. The van der Waals surface area contributed by atoms with E-state index in [1.165, 1.54) is 0 Å². The van der Waals surface area contributed by atoms with Gasteiger partial charge in [0.1, 0.15) is 0 Å². The molecule has 0 bridgehead atoms. The maximum Gasteiger partial charge on any atom is 0.221 e. The van der Waals surface area contributed by atoms with Crippen LogP contribution in [-0.4, -0.2) is 23.4 Å². The molecule has 0 spiro atoms. The molecule has 0 aliphatic heterocycles. The van der Waals surface area contributed by atoms with Crippen molar-refractivity contribution in [3.63, 3.8) is 0 Å². The van der Waals surface area contributed by atoms with E-state index in [1.54, 1.807) is 23.1 Å². The molecule has 104 valence electrons. The Kier molecular flexibility index (Phi) is 7.63. The molecule has 1 aromatic rings. The Morgan fingerprint density at radius 3 is 2.42 bits per heavy atom. The molecule has 0 aliphatic carbocycles. The number of rotatable bonds is 4. The summed E-state index contributed by atoms with van der Waals surface area (Å²) in [6.07, 6.45) is 1.69. The largest absolute Gasteiger partial charge is 0.370 e. The molecule has 1 rings (SSSR count). The minimum Gasteiger partial charge on any atom is -0.370 e. The van der Waals surface area contributed by atoms with Crippen molar-refractivity contribution in [3.8, 4) is 0 Å². The van der Waals surface area contributed by atoms with Gasteiger partial charge in [0, 0.05) is 18.1 Å². The van der Waals surface area contributed by atoms with Gasteiger partial charge in [0.05, 0.1) is 0 Å². The number of nitrogens with zero attached hydrogens (tertiary/aromatic N) is 2. The van der Waals surface area contributed by atoms with Crippen LogP contribution in [0.15, 0.2) is 41.9 Å². The first-order valence-electron chi connectivity index (χ1n) is 5.31. The monoisotopic (exact) mass is 301 g/mol. The molecule has 7 heteroatoms. The van der Waals surface area contributed by atoms with E-state index in [-0.39, 0.29) is 24.3 Å². The number of guanidine groups is 2. The highest BCUT2D eigenvalue weighted by Gasteiger charge is 2.08. The number of hydrogen-bond acceptors (Lipinski definition) is 1. The maximum absolute atomic E-state index is 7.78. The normalized spacial score (nSPS) is 9.11. The molecule has 0 heterocycles. The fraction of sp³-hybridized carbons (Fsp3) is 0.167. The molecule has 0 saturated heterocycles. The molecule has 0 fully saturated rings. The number of halogens is 2. The van der Waals surface area contributed by atoms with Crippen molar-refractivity contribution < 1.29 is 0 Å². The summed E-state index contributed by atoms with van der Waals surface area (Å²) in [5.41, 5.74) is 11.5. The summed E-state index contributed by atoms with van der Waals surface area (Å²) >= 11 is 5.81. The molecule has 0 aromatic heterocycles. The number of nitrogens with two attached hydrogens (primary N) is 2. The summed E-state index contributed by atoms with van der Waals surface area (Å²) in [6, 6.07) is 7.38. The Morgan fingerprint density at radius 2 is 1.95 bits per heavy atom. The quantitative estimate of drug-likeness (QED) is 0.451. The van der Waals surface area contributed by atoms with Gasteiger partial charge in [-0.3, -0.25) is 5.41 Å². The van der Waals surface area contributed by atoms with Crippen LogP contribution in [0.25, 0.3) is 0 Å². The van der Waals surface area contributed by atoms with E-state index in [4.69, 9.17) is 28.5 Å². The van der Waals surface area contributed by atoms with E-state index < -0.39 is 0 Å². The Bertz CT molecular complexity index is 452. The van der Waals surface area contributed by atoms with Crippen LogP contribution in [0.4, 0.5) is 0 Å². The average Bonchev–Trinajstić information content (AvgIpc) is 2.30. The predicted molar refractivity (Wildman–Crippen MR) is 82.8 cm³/mol. The second-order valence-electron chi connectivity index (χ2n) is 3.66. The molecule has 1 aromatic carbocycles. The van der Waals surface area contributed by atoms with Crippen LogP contribution in [0.5, 0.6) is 0 Å². The summed E-state index contributed by atoms with van der Waals surface area (Å²) in [6.45, 7) is 4.64. The Balaban J connectivity index is 0.00000324. The fourth-order valence-electron chi connectivity index (χ4n) is 1.38. The smallest absolute Gasteiger partial charge is 0.221 e. The standard InChI is InChI=1S/C12H16ClN5.ClH/c1-2-7-18(12(16)17-11(14)15)8-9-3-5-10(13)6-4-9;/h2-6H,1,7-8H2,(H5,14,15,16,17);1H. The van der Waals surface area contributed by atoms with Crippen LogP contribution in [0, 0.1) is 5.41 Å². The molecule has 0 radical (unpaired) electrons. The van der Waals surface area contributed by atoms with Gasteiger partial charge in [-0.05, 0) is 17.7 Å². The molecule has 5 N–H and O–H groups in total. The van der Waals surface area contributed by atoms with Crippen molar-refractivity contribution in [2.45, 2.75) is 6.54 Å². The van der Waals surface area contributed by atoms with Crippen molar-refractivity contribution in [2.75, 3.05) is 6.54 Å². The van der Waals surface area contributed by atoms with Crippen molar-refractivity contribution in [1.82, 2.24) is 4.90 Å². The van der Waals surface area contributed by atoms with Crippen molar-refractivity contribution >= 4 is 35.9 Å². The van der Waals surface area contributed by atoms with E-state index in [9.17, 15) is 0 Å². The van der Waals surface area contributed by atoms with Gasteiger partial charge >= 0.3 is 0 Å². The van der Waals surface area contributed by atoms with Crippen LogP contribution in [-0.2, 0) is 6.54 Å². The zero-order valence-electron chi connectivity index (χ0n) is 10.3. The van der Waals surface area contributed by atoms with E-state index in [0.29, 0.717) is 18.1 Å². The van der Waals surface area contributed by atoms with Gasteiger partial charge in [-0.25, -0.2) is 0 Å². The molecule has 19 heavy (non-hydrogen) atoms. The first kappa shape index (κ1) is 17.3. The lowest BCUT2D eigenvalue weighted by Gasteiger charge is -2.21. The molecule has 0 saturated carbocycles. The Labute approximate surface area is 123 Å². The lowest BCUT2D eigenvalue weighted by atomic mass is 10.2. The Morgan fingerprint density at radius 1 is 1.37 bits per heavy atom. The molecular weight excluding hydrogens is 285 g/mol. The van der Waals surface area contributed by atoms with Crippen LogP contribution in [0.2, 0.25) is 5.02 Å². The second kappa shape index (κ2) is 8.39. The molecule has 0 amide bonds. The minimum atomic E-state index is -0.134. The van der Waals surface area contributed by atoms with Crippen molar-refractivity contribution in [2.24, 2.45) is 16.5 Å². The van der Waals surface area contributed by atoms with E-state index >= 15 is 0 Å². The number of hydrogen-bond donors (Lipinski definition) is 3. The van der Waals surface area contributed by atoms with Gasteiger partial charge in [-0.2, -0.15) is 4.99 Å². The predicted octanol–water partition coefficient (Wildman–Crippen LogP) is 1.96. The van der Waals surface area contributed by atoms with Crippen molar-refractivity contribution in [3.05, 3.63) is 47.5 Å². The number of nitrogens with one attached hydrogen (secondary N) is 1. The first-order valence-corrected chi connectivity index (χ1v) is 5.69. The van der Waals surface area contributed by atoms with Crippen LogP contribution < -0.4 is 11.5 Å². The molecule has 0 aliphatic rings. The average molecular weight is 302 g/mol. The topological polar surface area (TPSA) is 91.5 Å². The first-order chi connectivity index (χ1) is 8.52. The third kappa shape index (κ3) is 6.13. The van der Waals surface area contributed by atoms with Gasteiger partial charge in [-0.15, -0.1) is 19.0 Å². The van der Waals surface area contributed by atoms with Crippen molar-refractivity contribution in [1.29, 1.82) is 5.41 Å². The fourth-order valence-corrected chi connectivity index (χ4v) is 1.51. The zero-order chi connectivity index (χ0) is 13.5. The van der Waals surface area contributed by atoms with Gasteiger partial charge in [0.25, 0.3) is 0 Å².